The number of hydrogen-bond acceptors (Lipinski definition) is 2. The van der Waals surface area contributed by atoms with E-state index in [-0.39, 0.29) is 0 Å². The molecule has 1 atom stereocenters. The quantitative estimate of drug-likeness (QED) is 0.789. The average Bonchev–Trinajstić information content (AvgIpc) is 2.71. The molecule has 0 radical (unpaired) electrons. The van der Waals surface area contributed by atoms with Gasteiger partial charge < -0.3 is 5.32 Å². The zero-order valence-corrected chi connectivity index (χ0v) is 12.0. The standard InChI is InChI=1S/C14H27N3/c1-6-12-10-14(17(8-3)16-12)13(15-7-2)9-11(4)5/h10-11,13,15H,6-9H2,1-5H3. The Bertz CT molecular complexity index is 328. The zero-order chi connectivity index (χ0) is 12.8. The Kier molecular flexibility index (Phi) is 5.69. The Morgan fingerprint density at radius 3 is 2.47 bits per heavy atom. The van der Waals surface area contributed by atoms with Crippen molar-refractivity contribution in [1.29, 1.82) is 0 Å². The van der Waals surface area contributed by atoms with E-state index in [9.17, 15) is 0 Å². The summed E-state index contributed by atoms with van der Waals surface area (Å²) >= 11 is 0. The highest BCUT2D eigenvalue weighted by atomic mass is 15.3. The lowest BCUT2D eigenvalue weighted by Crippen LogP contribution is -2.25. The minimum absolute atomic E-state index is 0.438. The molecule has 1 rings (SSSR count). The van der Waals surface area contributed by atoms with Crippen molar-refractivity contribution in [3.05, 3.63) is 17.5 Å². The van der Waals surface area contributed by atoms with Gasteiger partial charge in [-0.05, 0) is 38.3 Å². The van der Waals surface area contributed by atoms with Gasteiger partial charge in [-0.3, -0.25) is 4.68 Å². The van der Waals surface area contributed by atoms with Crippen LogP contribution in [0.1, 0.15) is 58.5 Å². The zero-order valence-electron chi connectivity index (χ0n) is 12.0. The average molecular weight is 237 g/mol. The van der Waals surface area contributed by atoms with Crippen molar-refractivity contribution in [2.45, 2.75) is 60.0 Å². The lowest BCUT2D eigenvalue weighted by molar-refractivity contribution is 0.411. The molecule has 1 aromatic heterocycles. The molecule has 0 bridgehead atoms. The van der Waals surface area contributed by atoms with Gasteiger partial charge in [0.25, 0.3) is 0 Å². The molecular weight excluding hydrogens is 210 g/mol. The highest BCUT2D eigenvalue weighted by Gasteiger charge is 2.17. The molecular formula is C14H27N3. The van der Waals surface area contributed by atoms with E-state index in [4.69, 9.17) is 0 Å². The van der Waals surface area contributed by atoms with Crippen molar-refractivity contribution in [1.82, 2.24) is 15.1 Å². The summed E-state index contributed by atoms with van der Waals surface area (Å²) in [7, 11) is 0. The number of rotatable bonds is 7. The third-order valence-corrected chi connectivity index (χ3v) is 3.04. The minimum Gasteiger partial charge on any atom is -0.309 e. The van der Waals surface area contributed by atoms with E-state index in [0.717, 1.165) is 19.5 Å². The molecule has 0 fully saturated rings. The van der Waals surface area contributed by atoms with Crippen molar-refractivity contribution in [2.75, 3.05) is 6.54 Å². The SMILES string of the molecule is CCNC(CC(C)C)c1cc(CC)nn1CC. The maximum absolute atomic E-state index is 4.63. The molecule has 0 amide bonds. The second-order valence-electron chi connectivity index (χ2n) is 4.97. The van der Waals surface area contributed by atoms with E-state index in [1.54, 1.807) is 0 Å². The normalized spacial score (nSPS) is 13.3. The molecule has 3 heteroatoms. The molecule has 0 aliphatic rings. The van der Waals surface area contributed by atoms with Gasteiger partial charge in [0.05, 0.1) is 11.4 Å². The van der Waals surface area contributed by atoms with Crippen LogP contribution in [0.4, 0.5) is 0 Å². The van der Waals surface area contributed by atoms with Crippen molar-refractivity contribution < 1.29 is 0 Å². The van der Waals surface area contributed by atoms with E-state index in [1.807, 2.05) is 0 Å². The maximum Gasteiger partial charge on any atom is 0.0625 e. The molecule has 0 aliphatic carbocycles. The Labute approximate surface area is 106 Å². The van der Waals surface area contributed by atoms with Crippen LogP contribution in [-0.2, 0) is 13.0 Å². The molecule has 1 unspecified atom stereocenters. The smallest absolute Gasteiger partial charge is 0.0625 e. The van der Waals surface area contributed by atoms with Gasteiger partial charge in [-0.1, -0.05) is 27.7 Å². The van der Waals surface area contributed by atoms with Gasteiger partial charge in [-0.2, -0.15) is 5.10 Å². The van der Waals surface area contributed by atoms with Gasteiger partial charge in [-0.15, -0.1) is 0 Å². The summed E-state index contributed by atoms with van der Waals surface area (Å²) in [4.78, 5) is 0. The summed E-state index contributed by atoms with van der Waals surface area (Å²) in [6, 6.07) is 2.70. The summed E-state index contributed by atoms with van der Waals surface area (Å²) in [6.45, 7) is 13.0. The molecule has 17 heavy (non-hydrogen) atoms. The first-order chi connectivity index (χ1) is 8.12. The van der Waals surface area contributed by atoms with Crippen LogP contribution in [0.5, 0.6) is 0 Å². The second-order valence-corrected chi connectivity index (χ2v) is 4.97. The summed E-state index contributed by atoms with van der Waals surface area (Å²) in [5, 5.41) is 8.22. The van der Waals surface area contributed by atoms with E-state index < -0.39 is 0 Å². The third kappa shape index (κ3) is 3.84. The molecule has 3 nitrogen and oxygen atoms in total. The van der Waals surface area contributed by atoms with Crippen LogP contribution in [0.2, 0.25) is 0 Å². The van der Waals surface area contributed by atoms with Crippen LogP contribution >= 0.6 is 0 Å². The summed E-state index contributed by atoms with van der Waals surface area (Å²) in [5.74, 6) is 0.698. The topological polar surface area (TPSA) is 29.9 Å². The fourth-order valence-corrected chi connectivity index (χ4v) is 2.22. The van der Waals surface area contributed by atoms with E-state index >= 15 is 0 Å². The molecule has 0 spiro atoms. The minimum atomic E-state index is 0.438. The molecule has 0 saturated carbocycles. The lowest BCUT2D eigenvalue weighted by atomic mass is 10.0. The third-order valence-electron chi connectivity index (χ3n) is 3.04. The monoisotopic (exact) mass is 237 g/mol. The van der Waals surface area contributed by atoms with Crippen LogP contribution in [-0.4, -0.2) is 16.3 Å². The Hall–Kier alpha value is -0.830. The summed E-state index contributed by atoms with van der Waals surface area (Å²) in [6.07, 6.45) is 2.18. The van der Waals surface area contributed by atoms with Crippen LogP contribution < -0.4 is 5.32 Å². The van der Waals surface area contributed by atoms with Crippen LogP contribution in [0.3, 0.4) is 0 Å². The van der Waals surface area contributed by atoms with Crippen molar-refractivity contribution in [2.24, 2.45) is 5.92 Å². The van der Waals surface area contributed by atoms with Crippen molar-refractivity contribution in [3.8, 4) is 0 Å². The highest BCUT2D eigenvalue weighted by Crippen LogP contribution is 2.22. The molecule has 0 saturated heterocycles. The summed E-state index contributed by atoms with van der Waals surface area (Å²) < 4.78 is 2.15. The van der Waals surface area contributed by atoms with Crippen LogP contribution in [0.25, 0.3) is 0 Å². The van der Waals surface area contributed by atoms with Gasteiger partial charge in [0, 0.05) is 12.6 Å². The van der Waals surface area contributed by atoms with Gasteiger partial charge in [-0.25, -0.2) is 0 Å². The fraction of sp³-hybridized carbons (Fsp3) is 0.786. The van der Waals surface area contributed by atoms with Crippen LogP contribution in [0.15, 0.2) is 6.07 Å². The number of nitrogens with zero attached hydrogens (tertiary/aromatic N) is 2. The van der Waals surface area contributed by atoms with E-state index in [0.29, 0.717) is 12.0 Å². The molecule has 1 N–H and O–H groups in total. The molecule has 98 valence electrons. The first-order valence-electron chi connectivity index (χ1n) is 6.92. The predicted octanol–water partition coefficient (Wildman–Crippen LogP) is 3.16. The maximum atomic E-state index is 4.63. The fourth-order valence-electron chi connectivity index (χ4n) is 2.22. The number of hydrogen-bond donors (Lipinski definition) is 1. The molecule has 0 aliphatic heterocycles. The number of nitrogens with one attached hydrogen (secondary N) is 1. The van der Waals surface area contributed by atoms with Crippen molar-refractivity contribution >= 4 is 0 Å². The lowest BCUT2D eigenvalue weighted by Gasteiger charge is -2.20. The highest BCUT2D eigenvalue weighted by molar-refractivity contribution is 5.14. The Morgan fingerprint density at radius 1 is 1.29 bits per heavy atom. The van der Waals surface area contributed by atoms with Gasteiger partial charge >= 0.3 is 0 Å². The first kappa shape index (κ1) is 14.2. The van der Waals surface area contributed by atoms with E-state index in [2.05, 4.69) is 55.8 Å². The predicted molar refractivity (Wildman–Crippen MR) is 73.2 cm³/mol. The number of aryl methyl sites for hydroxylation is 2. The van der Waals surface area contributed by atoms with Gasteiger partial charge in [0.1, 0.15) is 0 Å². The van der Waals surface area contributed by atoms with Crippen LogP contribution in [0, 0.1) is 5.92 Å². The Balaban J connectivity index is 2.94. The second kappa shape index (κ2) is 6.80. The number of aromatic nitrogens is 2. The first-order valence-corrected chi connectivity index (χ1v) is 6.92. The molecule has 1 aromatic rings. The Morgan fingerprint density at radius 2 is 2.00 bits per heavy atom. The van der Waals surface area contributed by atoms with Gasteiger partial charge in [0.15, 0.2) is 0 Å². The summed E-state index contributed by atoms with van der Waals surface area (Å²) in [5.41, 5.74) is 2.55. The van der Waals surface area contributed by atoms with Crippen molar-refractivity contribution in [3.63, 3.8) is 0 Å². The molecule has 0 aromatic carbocycles. The van der Waals surface area contributed by atoms with Gasteiger partial charge in [0.2, 0.25) is 0 Å². The van der Waals surface area contributed by atoms with E-state index in [1.165, 1.54) is 17.8 Å². The largest absolute Gasteiger partial charge is 0.309 e. The molecule has 1 heterocycles.